The van der Waals surface area contributed by atoms with Gasteiger partial charge in [-0.15, -0.1) is 0 Å². The smallest absolute Gasteiger partial charge is 0.242 e. The Kier molecular flexibility index (Phi) is 6.73. The first-order valence-corrected chi connectivity index (χ1v) is 11.0. The van der Waals surface area contributed by atoms with E-state index in [-0.39, 0.29) is 11.9 Å². The van der Waals surface area contributed by atoms with Gasteiger partial charge in [-0.1, -0.05) is 89.9 Å². The van der Waals surface area contributed by atoms with Crippen molar-refractivity contribution >= 4 is 29.1 Å². The fourth-order valence-electron chi connectivity index (χ4n) is 4.10. The second kappa shape index (κ2) is 9.65. The summed E-state index contributed by atoms with van der Waals surface area (Å²) in [5.74, 6) is -0.0566. The van der Waals surface area contributed by atoms with Crippen molar-refractivity contribution in [3.05, 3.63) is 106 Å². The standard InChI is InChI=1S/C25H24Cl2N2O/c26-20-13-14-21(22(27)17-20)24(29-15-7-8-16-29)25(30)28-23(18-9-3-1-4-10-18)19-11-5-2-6-12-19/h1-6,9-14,17,23-24H,7-8,15-16H2,(H,28,30). The fraction of sp³-hybridized carbons (Fsp3) is 0.240. The average molecular weight is 439 g/mol. The fourth-order valence-corrected chi connectivity index (χ4v) is 4.61. The molecule has 1 aliphatic rings. The molecule has 3 aromatic carbocycles. The van der Waals surface area contributed by atoms with E-state index in [0.29, 0.717) is 10.0 Å². The molecule has 1 amide bonds. The van der Waals surface area contributed by atoms with E-state index in [1.54, 1.807) is 12.1 Å². The molecule has 5 heteroatoms. The number of hydrogen-bond acceptors (Lipinski definition) is 2. The number of carbonyl (C=O) groups is 1. The van der Waals surface area contributed by atoms with Gasteiger partial charge < -0.3 is 5.32 Å². The zero-order valence-electron chi connectivity index (χ0n) is 16.6. The minimum atomic E-state index is -0.452. The molecule has 154 valence electrons. The summed E-state index contributed by atoms with van der Waals surface area (Å²) < 4.78 is 0. The summed E-state index contributed by atoms with van der Waals surface area (Å²) in [6, 6.07) is 24.8. The number of likely N-dealkylation sites (tertiary alicyclic amines) is 1. The average Bonchev–Trinajstić information content (AvgIpc) is 3.29. The molecule has 1 atom stereocenters. The normalized spacial score (nSPS) is 15.3. The highest BCUT2D eigenvalue weighted by Crippen LogP contribution is 2.33. The highest BCUT2D eigenvalue weighted by Gasteiger charge is 2.33. The van der Waals surface area contributed by atoms with Gasteiger partial charge in [-0.05, 0) is 54.8 Å². The zero-order valence-corrected chi connectivity index (χ0v) is 18.1. The van der Waals surface area contributed by atoms with Crippen LogP contribution in [0.1, 0.15) is 41.6 Å². The molecule has 3 nitrogen and oxygen atoms in total. The van der Waals surface area contributed by atoms with Gasteiger partial charge in [-0.3, -0.25) is 9.69 Å². The molecule has 0 spiro atoms. The highest BCUT2D eigenvalue weighted by atomic mass is 35.5. The van der Waals surface area contributed by atoms with Crippen molar-refractivity contribution in [1.82, 2.24) is 10.2 Å². The van der Waals surface area contributed by atoms with Crippen LogP contribution in [-0.4, -0.2) is 23.9 Å². The molecule has 0 aliphatic carbocycles. The van der Waals surface area contributed by atoms with Gasteiger partial charge in [0.1, 0.15) is 6.04 Å². The summed E-state index contributed by atoms with van der Waals surface area (Å²) in [5.41, 5.74) is 2.87. The Morgan fingerprint density at radius 1 is 0.833 bits per heavy atom. The van der Waals surface area contributed by atoms with E-state index in [4.69, 9.17) is 23.2 Å². The van der Waals surface area contributed by atoms with E-state index in [1.165, 1.54) is 0 Å². The number of nitrogens with zero attached hydrogens (tertiary/aromatic N) is 1. The molecule has 3 aromatic rings. The lowest BCUT2D eigenvalue weighted by molar-refractivity contribution is -0.126. The van der Waals surface area contributed by atoms with Gasteiger partial charge in [0.05, 0.1) is 6.04 Å². The van der Waals surface area contributed by atoms with E-state index in [9.17, 15) is 4.79 Å². The van der Waals surface area contributed by atoms with Crippen molar-refractivity contribution in [1.29, 1.82) is 0 Å². The molecule has 1 unspecified atom stereocenters. The van der Waals surface area contributed by atoms with Gasteiger partial charge in [0.25, 0.3) is 0 Å². The molecule has 30 heavy (non-hydrogen) atoms. The van der Waals surface area contributed by atoms with Crippen molar-refractivity contribution in [2.75, 3.05) is 13.1 Å². The van der Waals surface area contributed by atoms with Gasteiger partial charge in [-0.2, -0.15) is 0 Å². The topological polar surface area (TPSA) is 32.3 Å². The number of benzene rings is 3. The van der Waals surface area contributed by atoms with Crippen molar-refractivity contribution in [2.24, 2.45) is 0 Å². The van der Waals surface area contributed by atoms with E-state index in [2.05, 4.69) is 10.2 Å². The Bertz CT molecular complexity index is 949. The molecule has 1 N–H and O–H groups in total. The minimum Gasteiger partial charge on any atom is -0.344 e. The van der Waals surface area contributed by atoms with Crippen LogP contribution in [0.4, 0.5) is 0 Å². The van der Waals surface area contributed by atoms with Crippen molar-refractivity contribution in [3.8, 4) is 0 Å². The van der Waals surface area contributed by atoms with Gasteiger partial charge in [0, 0.05) is 10.0 Å². The molecule has 1 aliphatic heterocycles. The molecule has 1 fully saturated rings. The second-order valence-electron chi connectivity index (χ2n) is 7.57. The van der Waals surface area contributed by atoms with Crippen LogP contribution in [0.15, 0.2) is 78.9 Å². The van der Waals surface area contributed by atoms with Gasteiger partial charge in [-0.25, -0.2) is 0 Å². The minimum absolute atomic E-state index is 0.0566. The summed E-state index contributed by atoms with van der Waals surface area (Å²) in [5, 5.41) is 4.38. The van der Waals surface area contributed by atoms with Crippen LogP contribution in [0.3, 0.4) is 0 Å². The summed E-state index contributed by atoms with van der Waals surface area (Å²) in [7, 11) is 0. The van der Waals surface area contributed by atoms with Crippen molar-refractivity contribution < 1.29 is 4.79 Å². The highest BCUT2D eigenvalue weighted by molar-refractivity contribution is 6.35. The van der Waals surface area contributed by atoms with Gasteiger partial charge in [0.2, 0.25) is 5.91 Å². The van der Waals surface area contributed by atoms with Crippen LogP contribution in [0.25, 0.3) is 0 Å². The number of carbonyl (C=O) groups excluding carboxylic acids is 1. The Morgan fingerprint density at radius 2 is 1.40 bits per heavy atom. The molecule has 1 saturated heterocycles. The quantitative estimate of drug-likeness (QED) is 0.508. The molecular formula is C25H24Cl2N2O. The number of hydrogen-bond donors (Lipinski definition) is 1. The largest absolute Gasteiger partial charge is 0.344 e. The Balaban J connectivity index is 1.69. The maximum absolute atomic E-state index is 13.7. The van der Waals surface area contributed by atoms with Crippen LogP contribution < -0.4 is 5.32 Å². The van der Waals surface area contributed by atoms with Crippen LogP contribution in [0.2, 0.25) is 10.0 Å². The molecule has 0 saturated carbocycles. The first kappa shape index (κ1) is 20.9. The molecule has 0 bridgehead atoms. The summed E-state index contributed by atoms with van der Waals surface area (Å²) >= 11 is 12.6. The monoisotopic (exact) mass is 438 g/mol. The van der Waals surface area contributed by atoms with Gasteiger partial charge in [0.15, 0.2) is 0 Å². The number of rotatable bonds is 6. The van der Waals surface area contributed by atoms with E-state index >= 15 is 0 Å². The third-order valence-corrected chi connectivity index (χ3v) is 6.13. The first-order valence-electron chi connectivity index (χ1n) is 10.2. The van der Waals surface area contributed by atoms with E-state index in [1.807, 2.05) is 66.7 Å². The molecule has 0 aromatic heterocycles. The summed E-state index contributed by atoms with van der Waals surface area (Å²) in [6.45, 7) is 1.75. The lowest BCUT2D eigenvalue weighted by Gasteiger charge is -2.30. The first-order chi connectivity index (χ1) is 14.6. The predicted molar refractivity (Wildman–Crippen MR) is 123 cm³/mol. The predicted octanol–water partition coefficient (Wildman–Crippen LogP) is 6.04. The lowest BCUT2D eigenvalue weighted by atomic mass is 9.97. The number of halogens is 2. The van der Waals surface area contributed by atoms with Crippen LogP contribution in [-0.2, 0) is 4.79 Å². The molecule has 0 radical (unpaired) electrons. The van der Waals surface area contributed by atoms with Crippen LogP contribution in [0, 0.1) is 0 Å². The summed E-state index contributed by atoms with van der Waals surface area (Å²) in [4.78, 5) is 15.9. The lowest BCUT2D eigenvalue weighted by Crippen LogP contribution is -2.41. The van der Waals surface area contributed by atoms with Crippen LogP contribution in [0.5, 0.6) is 0 Å². The SMILES string of the molecule is O=C(NC(c1ccccc1)c1ccccc1)C(c1ccc(Cl)cc1Cl)N1CCCC1. The van der Waals surface area contributed by atoms with E-state index < -0.39 is 6.04 Å². The molecule has 4 rings (SSSR count). The van der Waals surface area contributed by atoms with Crippen molar-refractivity contribution in [3.63, 3.8) is 0 Å². The van der Waals surface area contributed by atoms with E-state index in [0.717, 1.165) is 42.6 Å². The Labute approximate surface area is 187 Å². The van der Waals surface area contributed by atoms with Gasteiger partial charge >= 0.3 is 0 Å². The summed E-state index contributed by atoms with van der Waals surface area (Å²) in [6.07, 6.45) is 2.16. The number of nitrogens with one attached hydrogen (secondary N) is 1. The van der Waals surface area contributed by atoms with Crippen LogP contribution >= 0.6 is 23.2 Å². The maximum atomic E-state index is 13.7. The van der Waals surface area contributed by atoms with Crippen molar-refractivity contribution in [2.45, 2.75) is 24.9 Å². The third kappa shape index (κ3) is 4.70. The second-order valence-corrected chi connectivity index (χ2v) is 8.42. The number of amides is 1. The zero-order chi connectivity index (χ0) is 20.9. The Morgan fingerprint density at radius 3 is 1.93 bits per heavy atom. The Hall–Kier alpha value is -2.33. The molecule has 1 heterocycles. The third-order valence-electron chi connectivity index (χ3n) is 5.56. The molecular weight excluding hydrogens is 415 g/mol. The maximum Gasteiger partial charge on any atom is 0.242 e.